The third kappa shape index (κ3) is 4.15. The molecule has 0 aliphatic rings. The van der Waals surface area contributed by atoms with E-state index >= 15 is 0 Å². The van der Waals surface area contributed by atoms with E-state index in [1.807, 2.05) is 31.6 Å². The highest BCUT2D eigenvalue weighted by Gasteiger charge is 2.07. The van der Waals surface area contributed by atoms with Gasteiger partial charge in [-0.05, 0) is 30.7 Å². The van der Waals surface area contributed by atoms with Crippen LogP contribution in [0.4, 0.5) is 10.5 Å². The van der Waals surface area contributed by atoms with E-state index in [-0.39, 0.29) is 6.03 Å². The zero-order chi connectivity index (χ0) is 16.9. The second-order valence-corrected chi connectivity index (χ2v) is 6.85. The molecule has 1 aromatic carbocycles. The van der Waals surface area contributed by atoms with Gasteiger partial charge in [0, 0.05) is 35.1 Å². The fraction of sp³-hybridized carbons (Fsp3) is 0.176. The van der Waals surface area contributed by atoms with Crippen molar-refractivity contribution in [3.63, 3.8) is 0 Å². The Morgan fingerprint density at radius 1 is 1.29 bits per heavy atom. The zero-order valence-corrected chi connectivity index (χ0v) is 14.7. The number of rotatable bonds is 5. The highest BCUT2D eigenvalue weighted by Crippen LogP contribution is 2.27. The van der Waals surface area contributed by atoms with Crippen molar-refractivity contribution in [2.45, 2.75) is 6.42 Å². The zero-order valence-electron chi connectivity index (χ0n) is 13.1. The Labute approximate surface area is 149 Å². The summed E-state index contributed by atoms with van der Waals surface area (Å²) in [6, 6.07) is 11.1. The molecule has 0 atom stereocenters. The minimum Gasteiger partial charge on any atom is -0.338 e. The van der Waals surface area contributed by atoms with Crippen LogP contribution >= 0.6 is 22.9 Å². The number of nitrogens with zero attached hydrogens (tertiary/aromatic N) is 2. The minimum absolute atomic E-state index is 0.257. The van der Waals surface area contributed by atoms with E-state index in [9.17, 15) is 4.79 Å². The monoisotopic (exact) mass is 360 g/mol. The quantitative estimate of drug-likeness (QED) is 0.717. The summed E-state index contributed by atoms with van der Waals surface area (Å²) in [4.78, 5) is 14.3. The highest BCUT2D eigenvalue weighted by molar-refractivity contribution is 7.15. The summed E-state index contributed by atoms with van der Waals surface area (Å²) in [5, 5.41) is 10.3. The molecule has 7 heteroatoms. The maximum absolute atomic E-state index is 11.9. The molecular formula is C17H17ClN4OS. The lowest BCUT2D eigenvalue weighted by Gasteiger charge is -2.08. The molecule has 0 unspecified atom stereocenters. The van der Waals surface area contributed by atoms with E-state index in [4.69, 9.17) is 11.6 Å². The molecule has 0 bridgehead atoms. The van der Waals surface area contributed by atoms with Crippen LogP contribution in [0.1, 0.15) is 4.88 Å². The lowest BCUT2D eigenvalue weighted by molar-refractivity contribution is 0.252. The second-order valence-electron chi connectivity index (χ2n) is 5.28. The van der Waals surface area contributed by atoms with Crippen molar-refractivity contribution in [1.29, 1.82) is 0 Å². The summed E-state index contributed by atoms with van der Waals surface area (Å²) in [7, 11) is 1.90. The third-order valence-corrected chi connectivity index (χ3v) is 4.95. The fourth-order valence-electron chi connectivity index (χ4n) is 2.24. The van der Waals surface area contributed by atoms with Crippen molar-refractivity contribution in [2.24, 2.45) is 7.05 Å². The van der Waals surface area contributed by atoms with Crippen LogP contribution in [0, 0.1) is 0 Å². The van der Waals surface area contributed by atoms with Gasteiger partial charge in [0.25, 0.3) is 0 Å². The summed E-state index contributed by atoms with van der Waals surface area (Å²) in [6.45, 7) is 0.559. The highest BCUT2D eigenvalue weighted by atomic mass is 35.5. The number of hydrogen-bond acceptors (Lipinski definition) is 3. The lowest BCUT2D eigenvalue weighted by atomic mass is 10.3. The van der Waals surface area contributed by atoms with E-state index in [0.29, 0.717) is 17.3 Å². The van der Waals surface area contributed by atoms with Crippen molar-refractivity contribution in [3.8, 4) is 10.4 Å². The Kier molecular flexibility index (Phi) is 5.17. The lowest BCUT2D eigenvalue weighted by Crippen LogP contribution is -2.30. The van der Waals surface area contributed by atoms with Gasteiger partial charge in [0.1, 0.15) is 0 Å². The average molecular weight is 361 g/mol. The van der Waals surface area contributed by atoms with Crippen molar-refractivity contribution in [3.05, 3.63) is 58.7 Å². The minimum atomic E-state index is -0.257. The van der Waals surface area contributed by atoms with E-state index in [0.717, 1.165) is 12.0 Å². The van der Waals surface area contributed by atoms with Crippen LogP contribution in [0.15, 0.2) is 48.8 Å². The second kappa shape index (κ2) is 7.51. The van der Waals surface area contributed by atoms with Gasteiger partial charge in [-0.25, -0.2) is 4.79 Å². The first kappa shape index (κ1) is 16.5. The first-order chi connectivity index (χ1) is 11.6. The molecule has 0 aliphatic heterocycles. The Morgan fingerprint density at radius 2 is 2.12 bits per heavy atom. The normalized spacial score (nSPS) is 10.6. The topological polar surface area (TPSA) is 59.0 Å². The molecule has 124 valence electrons. The van der Waals surface area contributed by atoms with Crippen LogP contribution in [-0.4, -0.2) is 22.4 Å². The number of urea groups is 1. The van der Waals surface area contributed by atoms with Gasteiger partial charge in [-0.15, -0.1) is 11.3 Å². The largest absolute Gasteiger partial charge is 0.338 e. The summed E-state index contributed by atoms with van der Waals surface area (Å²) < 4.78 is 1.79. The number of aryl methyl sites for hydroxylation is 1. The Bertz CT molecular complexity index is 842. The number of para-hydroxylation sites is 1. The number of amides is 2. The number of anilines is 1. The standard InChI is InChI=1S/C17H17ClN4OS/c1-22-11-12(10-20-22)16-7-6-13(24-16)8-9-19-17(23)21-15-5-3-2-4-14(15)18/h2-7,10-11H,8-9H2,1H3,(H2,19,21,23). The molecule has 0 fully saturated rings. The van der Waals surface area contributed by atoms with E-state index in [1.165, 1.54) is 9.75 Å². The smallest absolute Gasteiger partial charge is 0.319 e. The number of thiophene rings is 1. The Balaban J connectivity index is 1.49. The average Bonchev–Trinajstić information content (AvgIpc) is 3.18. The van der Waals surface area contributed by atoms with E-state index in [1.54, 1.807) is 28.2 Å². The number of aromatic nitrogens is 2. The van der Waals surface area contributed by atoms with Gasteiger partial charge < -0.3 is 10.6 Å². The molecule has 5 nitrogen and oxygen atoms in total. The third-order valence-electron chi connectivity index (χ3n) is 3.43. The van der Waals surface area contributed by atoms with Gasteiger partial charge >= 0.3 is 6.03 Å². The molecule has 0 saturated heterocycles. The molecule has 0 spiro atoms. The fourth-order valence-corrected chi connectivity index (χ4v) is 3.41. The number of carbonyl (C=O) groups excluding carboxylic acids is 1. The summed E-state index contributed by atoms with van der Waals surface area (Å²) in [5.41, 5.74) is 1.71. The number of halogens is 1. The molecule has 3 aromatic rings. The molecule has 0 aliphatic carbocycles. The van der Waals surface area contributed by atoms with Gasteiger partial charge in [-0.1, -0.05) is 23.7 Å². The molecular weight excluding hydrogens is 344 g/mol. The first-order valence-electron chi connectivity index (χ1n) is 7.49. The Morgan fingerprint density at radius 3 is 2.88 bits per heavy atom. The van der Waals surface area contributed by atoms with E-state index < -0.39 is 0 Å². The first-order valence-corrected chi connectivity index (χ1v) is 8.68. The van der Waals surface area contributed by atoms with Crippen molar-refractivity contribution < 1.29 is 4.79 Å². The van der Waals surface area contributed by atoms with Gasteiger partial charge in [-0.2, -0.15) is 5.10 Å². The maximum atomic E-state index is 11.9. The SMILES string of the molecule is Cn1cc(-c2ccc(CCNC(=O)Nc3ccccc3Cl)s2)cn1. The molecule has 0 radical (unpaired) electrons. The van der Waals surface area contributed by atoms with Crippen molar-refractivity contribution in [2.75, 3.05) is 11.9 Å². The maximum Gasteiger partial charge on any atom is 0.319 e. The molecule has 2 N–H and O–H groups in total. The van der Waals surface area contributed by atoms with Crippen LogP contribution in [0.2, 0.25) is 5.02 Å². The molecule has 3 rings (SSSR count). The molecule has 2 amide bonds. The predicted molar refractivity (Wildman–Crippen MR) is 98.7 cm³/mol. The molecule has 24 heavy (non-hydrogen) atoms. The summed E-state index contributed by atoms with van der Waals surface area (Å²) in [5.74, 6) is 0. The van der Waals surface area contributed by atoms with Crippen LogP contribution in [0.5, 0.6) is 0 Å². The van der Waals surface area contributed by atoms with Crippen molar-refractivity contribution >= 4 is 34.7 Å². The summed E-state index contributed by atoms with van der Waals surface area (Å²) in [6.07, 6.45) is 4.62. The molecule has 2 heterocycles. The van der Waals surface area contributed by atoms with Crippen LogP contribution in [-0.2, 0) is 13.5 Å². The number of hydrogen-bond donors (Lipinski definition) is 2. The number of benzene rings is 1. The van der Waals surface area contributed by atoms with Gasteiger partial charge in [-0.3, -0.25) is 4.68 Å². The van der Waals surface area contributed by atoms with Gasteiger partial charge in [0.15, 0.2) is 0 Å². The van der Waals surface area contributed by atoms with E-state index in [2.05, 4.69) is 27.9 Å². The Hall–Kier alpha value is -2.31. The van der Waals surface area contributed by atoms with Gasteiger partial charge in [0.05, 0.1) is 16.9 Å². The van der Waals surface area contributed by atoms with Crippen LogP contribution in [0.25, 0.3) is 10.4 Å². The van der Waals surface area contributed by atoms with Crippen LogP contribution in [0.3, 0.4) is 0 Å². The molecule has 2 aromatic heterocycles. The van der Waals surface area contributed by atoms with Crippen molar-refractivity contribution in [1.82, 2.24) is 15.1 Å². The number of nitrogens with one attached hydrogen (secondary N) is 2. The predicted octanol–water partition coefficient (Wildman–Crippen LogP) is 4.17. The number of carbonyl (C=O) groups is 1. The summed E-state index contributed by atoms with van der Waals surface area (Å²) >= 11 is 7.72. The van der Waals surface area contributed by atoms with Crippen LogP contribution < -0.4 is 10.6 Å². The molecule has 0 saturated carbocycles. The van der Waals surface area contributed by atoms with Gasteiger partial charge in [0.2, 0.25) is 0 Å².